The molecule has 1 N–H and O–H groups in total. The zero-order valence-corrected chi connectivity index (χ0v) is 12.3. The van der Waals surface area contributed by atoms with Crippen molar-refractivity contribution in [3.63, 3.8) is 0 Å². The quantitative estimate of drug-likeness (QED) is 0.779. The molecule has 0 amide bonds. The lowest BCUT2D eigenvalue weighted by atomic mass is 10.0. The Hall–Kier alpha value is -2.14. The predicted octanol–water partition coefficient (Wildman–Crippen LogP) is 3.70. The highest BCUT2D eigenvalue weighted by atomic mass is 79.9. The van der Waals surface area contributed by atoms with Gasteiger partial charge in [-0.15, -0.1) is 0 Å². The molecule has 1 heterocycles. The van der Waals surface area contributed by atoms with Crippen LogP contribution in [0, 0.1) is 0 Å². The Morgan fingerprint density at radius 3 is 2.55 bits per heavy atom. The zero-order chi connectivity index (χ0) is 14.3. The van der Waals surface area contributed by atoms with Crippen molar-refractivity contribution < 1.29 is 9.90 Å². The molecular weight excluding hydrogens is 320 g/mol. The number of nitrogens with zero attached hydrogens (tertiary/aromatic N) is 2. The van der Waals surface area contributed by atoms with Gasteiger partial charge in [0.2, 0.25) is 0 Å². The maximum Gasteiger partial charge on any atom is 0.357 e. The highest BCUT2D eigenvalue weighted by Crippen LogP contribution is 2.32. The number of rotatable bonds is 2. The standard InChI is InChI=1S/C15H11BrN2O2/c1-18-14(12(16)13(17-18)15(19)20)11-7-6-9-4-2-3-5-10(9)8-11/h2-8H,1H3,(H,19,20). The lowest BCUT2D eigenvalue weighted by Crippen LogP contribution is -1.99. The first-order valence-corrected chi connectivity index (χ1v) is 6.82. The summed E-state index contributed by atoms with van der Waals surface area (Å²) in [5.74, 6) is -1.04. The first kappa shape index (κ1) is 12.9. The van der Waals surface area contributed by atoms with Crippen LogP contribution in [0.3, 0.4) is 0 Å². The third-order valence-electron chi connectivity index (χ3n) is 3.21. The van der Waals surface area contributed by atoms with Crippen molar-refractivity contribution in [3.05, 3.63) is 52.6 Å². The van der Waals surface area contributed by atoms with Crippen molar-refractivity contribution in [3.8, 4) is 11.3 Å². The van der Waals surface area contributed by atoms with E-state index >= 15 is 0 Å². The van der Waals surface area contributed by atoms with Gasteiger partial charge in [0, 0.05) is 12.6 Å². The SMILES string of the molecule is Cn1nc(C(=O)O)c(Br)c1-c1ccc2ccccc2c1. The molecule has 0 radical (unpaired) electrons. The zero-order valence-electron chi connectivity index (χ0n) is 10.7. The van der Waals surface area contributed by atoms with Gasteiger partial charge in [-0.25, -0.2) is 4.79 Å². The van der Waals surface area contributed by atoms with E-state index in [-0.39, 0.29) is 5.69 Å². The van der Waals surface area contributed by atoms with Gasteiger partial charge in [-0.2, -0.15) is 5.10 Å². The lowest BCUT2D eigenvalue weighted by molar-refractivity contribution is 0.0688. The Kier molecular flexibility index (Phi) is 3.06. The third-order valence-corrected chi connectivity index (χ3v) is 3.97. The fraction of sp³-hybridized carbons (Fsp3) is 0.0667. The van der Waals surface area contributed by atoms with Gasteiger partial charge in [0.1, 0.15) is 0 Å². The molecule has 3 rings (SSSR count). The normalized spacial score (nSPS) is 10.9. The monoisotopic (exact) mass is 330 g/mol. The molecule has 20 heavy (non-hydrogen) atoms. The van der Waals surface area contributed by atoms with Crippen molar-refractivity contribution in [2.24, 2.45) is 7.05 Å². The Bertz CT molecular complexity index is 824. The molecule has 0 saturated heterocycles. The Labute approximate surface area is 123 Å². The summed E-state index contributed by atoms with van der Waals surface area (Å²) in [4.78, 5) is 11.1. The summed E-state index contributed by atoms with van der Waals surface area (Å²) < 4.78 is 2.08. The number of carbonyl (C=O) groups is 1. The van der Waals surface area contributed by atoms with Gasteiger partial charge in [-0.05, 0) is 32.8 Å². The number of carboxylic acids is 1. The van der Waals surface area contributed by atoms with Gasteiger partial charge >= 0.3 is 5.97 Å². The van der Waals surface area contributed by atoms with Gasteiger partial charge < -0.3 is 5.11 Å². The summed E-state index contributed by atoms with van der Waals surface area (Å²) in [6.45, 7) is 0. The highest BCUT2D eigenvalue weighted by molar-refractivity contribution is 9.10. The summed E-state index contributed by atoms with van der Waals surface area (Å²) in [5.41, 5.74) is 1.71. The minimum absolute atomic E-state index is 0.0238. The maximum atomic E-state index is 11.1. The second kappa shape index (κ2) is 4.76. The molecule has 0 saturated carbocycles. The maximum absolute atomic E-state index is 11.1. The molecule has 2 aromatic carbocycles. The molecule has 0 atom stereocenters. The number of carboxylic acid groups (broad SMARTS) is 1. The van der Waals surface area contributed by atoms with E-state index in [0.717, 1.165) is 22.0 Å². The average molecular weight is 331 g/mol. The smallest absolute Gasteiger partial charge is 0.357 e. The summed E-state index contributed by atoms with van der Waals surface area (Å²) in [6, 6.07) is 14.1. The van der Waals surface area contributed by atoms with E-state index in [1.807, 2.05) is 42.5 Å². The van der Waals surface area contributed by atoms with Crippen LogP contribution in [-0.2, 0) is 7.05 Å². The van der Waals surface area contributed by atoms with Crippen LogP contribution in [-0.4, -0.2) is 20.9 Å². The van der Waals surface area contributed by atoms with E-state index in [0.29, 0.717) is 4.47 Å². The molecule has 0 fully saturated rings. The molecule has 4 nitrogen and oxygen atoms in total. The third kappa shape index (κ3) is 2.00. The van der Waals surface area contributed by atoms with Crippen LogP contribution in [0.1, 0.15) is 10.5 Å². The van der Waals surface area contributed by atoms with Gasteiger partial charge in [0.05, 0.1) is 10.2 Å². The lowest BCUT2D eigenvalue weighted by Gasteiger charge is -2.05. The van der Waals surface area contributed by atoms with Crippen LogP contribution in [0.5, 0.6) is 0 Å². The number of aryl methyl sites for hydroxylation is 1. The Morgan fingerprint density at radius 2 is 1.90 bits per heavy atom. The van der Waals surface area contributed by atoms with Crippen LogP contribution in [0.25, 0.3) is 22.0 Å². The molecule has 100 valence electrons. The first-order valence-electron chi connectivity index (χ1n) is 6.03. The second-order valence-corrected chi connectivity index (χ2v) is 5.29. The van der Waals surface area contributed by atoms with Gasteiger partial charge in [0.15, 0.2) is 5.69 Å². The molecule has 0 spiro atoms. The Balaban J connectivity index is 2.23. The van der Waals surface area contributed by atoms with E-state index in [1.165, 1.54) is 0 Å². The summed E-state index contributed by atoms with van der Waals surface area (Å²) in [5, 5.41) is 15.4. The minimum Gasteiger partial charge on any atom is -0.476 e. The van der Waals surface area contributed by atoms with Gasteiger partial charge in [-0.1, -0.05) is 36.4 Å². The van der Waals surface area contributed by atoms with E-state index in [1.54, 1.807) is 11.7 Å². The minimum atomic E-state index is -1.04. The molecular formula is C15H11BrN2O2. The van der Waals surface area contributed by atoms with E-state index in [2.05, 4.69) is 21.0 Å². The number of aromatic nitrogens is 2. The molecule has 0 aliphatic rings. The van der Waals surface area contributed by atoms with E-state index < -0.39 is 5.97 Å². The summed E-state index contributed by atoms with van der Waals surface area (Å²) in [6.07, 6.45) is 0. The predicted molar refractivity (Wildman–Crippen MR) is 80.8 cm³/mol. The fourth-order valence-electron chi connectivity index (χ4n) is 2.28. The summed E-state index contributed by atoms with van der Waals surface area (Å²) >= 11 is 3.34. The molecule has 0 aliphatic carbocycles. The summed E-state index contributed by atoms with van der Waals surface area (Å²) in [7, 11) is 1.74. The van der Waals surface area contributed by atoms with Crippen molar-refractivity contribution in [2.75, 3.05) is 0 Å². The van der Waals surface area contributed by atoms with Crippen molar-refractivity contribution >= 4 is 32.7 Å². The van der Waals surface area contributed by atoms with Gasteiger partial charge in [-0.3, -0.25) is 4.68 Å². The molecule has 3 aromatic rings. The molecule has 0 unspecified atom stereocenters. The van der Waals surface area contributed by atoms with Crippen LogP contribution in [0.2, 0.25) is 0 Å². The number of fused-ring (bicyclic) bond motifs is 1. The second-order valence-electron chi connectivity index (χ2n) is 4.50. The van der Waals surface area contributed by atoms with E-state index in [9.17, 15) is 4.79 Å². The number of aromatic carboxylic acids is 1. The van der Waals surface area contributed by atoms with Crippen LogP contribution in [0.15, 0.2) is 46.9 Å². The first-order chi connectivity index (χ1) is 9.58. The fourth-order valence-corrected chi connectivity index (χ4v) is 3.02. The van der Waals surface area contributed by atoms with Crippen LogP contribution < -0.4 is 0 Å². The molecule has 0 bridgehead atoms. The van der Waals surface area contributed by atoms with Crippen molar-refractivity contribution in [2.45, 2.75) is 0 Å². The highest BCUT2D eigenvalue weighted by Gasteiger charge is 2.20. The number of hydrogen-bond acceptors (Lipinski definition) is 2. The topological polar surface area (TPSA) is 55.1 Å². The largest absolute Gasteiger partial charge is 0.476 e. The van der Waals surface area contributed by atoms with Crippen LogP contribution in [0.4, 0.5) is 0 Å². The van der Waals surface area contributed by atoms with Gasteiger partial charge in [0.25, 0.3) is 0 Å². The number of benzene rings is 2. The molecule has 0 aliphatic heterocycles. The average Bonchev–Trinajstić information content (AvgIpc) is 2.74. The number of hydrogen-bond donors (Lipinski definition) is 1. The molecule has 1 aromatic heterocycles. The van der Waals surface area contributed by atoms with Crippen molar-refractivity contribution in [1.82, 2.24) is 9.78 Å². The number of halogens is 1. The molecule has 5 heteroatoms. The van der Waals surface area contributed by atoms with Crippen molar-refractivity contribution in [1.29, 1.82) is 0 Å². The Morgan fingerprint density at radius 1 is 1.20 bits per heavy atom. The van der Waals surface area contributed by atoms with Crippen LogP contribution >= 0.6 is 15.9 Å². The van der Waals surface area contributed by atoms with E-state index in [4.69, 9.17) is 5.11 Å².